The molecule has 1 rings (SSSR count). The van der Waals surface area contributed by atoms with E-state index in [-0.39, 0.29) is 5.82 Å². The fourth-order valence-electron chi connectivity index (χ4n) is 1.27. The molecule has 0 saturated carbocycles. The van der Waals surface area contributed by atoms with Gasteiger partial charge in [-0.25, -0.2) is 4.39 Å². The van der Waals surface area contributed by atoms with E-state index in [9.17, 15) is 4.39 Å². The molecule has 1 aromatic rings. The molecule has 0 heterocycles. The van der Waals surface area contributed by atoms with Crippen LogP contribution in [0.25, 0.3) is 0 Å². The maximum Gasteiger partial charge on any atom is 0.126 e. The van der Waals surface area contributed by atoms with E-state index in [1.165, 1.54) is 12.1 Å². The molecule has 1 aromatic carbocycles. The Morgan fingerprint density at radius 3 is 2.56 bits per heavy atom. The molecule has 0 aliphatic carbocycles. The molecule has 0 bridgehead atoms. The third kappa shape index (κ3) is 3.54. The van der Waals surface area contributed by atoms with Gasteiger partial charge in [-0.15, -0.1) is 0 Å². The lowest BCUT2D eigenvalue weighted by molar-refractivity contribution is 0.439. The SMILES string of the molecule is CC(C)C(C)CNc1cc(F)cc(C#N)c1. The topological polar surface area (TPSA) is 35.8 Å². The van der Waals surface area contributed by atoms with Crippen molar-refractivity contribution in [2.75, 3.05) is 11.9 Å². The summed E-state index contributed by atoms with van der Waals surface area (Å²) in [5, 5.41) is 11.9. The van der Waals surface area contributed by atoms with E-state index in [0.717, 1.165) is 6.54 Å². The van der Waals surface area contributed by atoms with Crippen molar-refractivity contribution < 1.29 is 4.39 Å². The second-order valence-electron chi connectivity index (χ2n) is 4.44. The minimum Gasteiger partial charge on any atom is -0.385 e. The Kier molecular flexibility index (Phi) is 4.30. The quantitative estimate of drug-likeness (QED) is 0.844. The van der Waals surface area contributed by atoms with Gasteiger partial charge >= 0.3 is 0 Å². The Hall–Kier alpha value is -1.56. The molecule has 16 heavy (non-hydrogen) atoms. The van der Waals surface area contributed by atoms with Crippen LogP contribution in [0.15, 0.2) is 18.2 Å². The van der Waals surface area contributed by atoms with Crippen LogP contribution in [0.4, 0.5) is 10.1 Å². The van der Waals surface area contributed by atoms with Crippen LogP contribution in [0.3, 0.4) is 0 Å². The number of hydrogen-bond donors (Lipinski definition) is 1. The highest BCUT2D eigenvalue weighted by atomic mass is 19.1. The van der Waals surface area contributed by atoms with Crippen molar-refractivity contribution in [3.8, 4) is 6.07 Å². The minimum absolute atomic E-state index is 0.347. The van der Waals surface area contributed by atoms with Crippen LogP contribution in [0.2, 0.25) is 0 Å². The van der Waals surface area contributed by atoms with Gasteiger partial charge in [-0.3, -0.25) is 0 Å². The maximum atomic E-state index is 13.1. The first-order valence-electron chi connectivity index (χ1n) is 5.47. The Morgan fingerprint density at radius 1 is 1.31 bits per heavy atom. The number of halogens is 1. The lowest BCUT2D eigenvalue weighted by Gasteiger charge is -2.17. The molecule has 0 amide bonds. The average Bonchev–Trinajstić information content (AvgIpc) is 2.24. The van der Waals surface area contributed by atoms with Gasteiger partial charge in [0.1, 0.15) is 5.82 Å². The predicted molar refractivity (Wildman–Crippen MR) is 63.6 cm³/mol. The Balaban J connectivity index is 2.68. The van der Waals surface area contributed by atoms with Crippen molar-refractivity contribution in [2.24, 2.45) is 11.8 Å². The second kappa shape index (κ2) is 5.50. The molecule has 3 heteroatoms. The molecule has 0 saturated heterocycles. The van der Waals surface area contributed by atoms with Crippen LogP contribution < -0.4 is 5.32 Å². The summed E-state index contributed by atoms with van der Waals surface area (Å²) < 4.78 is 13.1. The van der Waals surface area contributed by atoms with E-state index in [2.05, 4.69) is 26.1 Å². The Morgan fingerprint density at radius 2 is 2.00 bits per heavy atom. The molecular weight excluding hydrogens is 203 g/mol. The molecule has 1 unspecified atom stereocenters. The minimum atomic E-state index is -0.376. The Bertz CT molecular complexity index is 393. The number of nitriles is 1. The van der Waals surface area contributed by atoms with Crippen molar-refractivity contribution in [3.63, 3.8) is 0 Å². The monoisotopic (exact) mass is 220 g/mol. The van der Waals surface area contributed by atoms with Crippen LogP contribution >= 0.6 is 0 Å². The molecule has 2 nitrogen and oxygen atoms in total. The van der Waals surface area contributed by atoms with E-state index in [4.69, 9.17) is 5.26 Å². The molecule has 0 fully saturated rings. The number of nitrogens with zero attached hydrogens (tertiary/aromatic N) is 1. The van der Waals surface area contributed by atoms with Gasteiger partial charge < -0.3 is 5.32 Å². The summed E-state index contributed by atoms with van der Waals surface area (Å²) in [7, 11) is 0. The van der Waals surface area contributed by atoms with Gasteiger partial charge in [0.15, 0.2) is 0 Å². The zero-order valence-electron chi connectivity index (χ0n) is 9.92. The van der Waals surface area contributed by atoms with Crippen molar-refractivity contribution in [3.05, 3.63) is 29.6 Å². The van der Waals surface area contributed by atoms with Crippen molar-refractivity contribution in [2.45, 2.75) is 20.8 Å². The van der Waals surface area contributed by atoms with Gasteiger partial charge in [0.05, 0.1) is 11.6 Å². The summed E-state index contributed by atoms with van der Waals surface area (Å²) in [5.74, 6) is 0.712. The van der Waals surface area contributed by atoms with Crippen LogP contribution in [-0.2, 0) is 0 Å². The zero-order chi connectivity index (χ0) is 12.1. The van der Waals surface area contributed by atoms with E-state index in [1.54, 1.807) is 6.07 Å². The molecule has 0 aliphatic heterocycles. The summed E-state index contributed by atoms with van der Waals surface area (Å²) in [6.45, 7) is 7.23. The van der Waals surface area contributed by atoms with Crippen LogP contribution in [0.5, 0.6) is 0 Å². The summed E-state index contributed by atoms with van der Waals surface area (Å²) in [6.07, 6.45) is 0. The summed E-state index contributed by atoms with van der Waals surface area (Å²) in [4.78, 5) is 0. The molecule has 1 atom stereocenters. The van der Waals surface area contributed by atoms with Crippen molar-refractivity contribution in [1.29, 1.82) is 5.26 Å². The standard InChI is InChI=1S/C13H17FN2/c1-9(2)10(3)8-16-13-5-11(7-15)4-12(14)6-13/h4-6,9-10,16H,8H2,1-3H3. The summed E-state index contributed by atoms with van der Waals surface area (Å²) >= 11 is 0. The van der Waals surface area contributed by atoms with Gasteiger partial charge in [-0.05, 0) is 30.0 Å². The van der Waals surface area contributed by atoms with Crippen LogP contribution in [-0.4, -0.2) is 6.54 Å². The fraction of sp³-hybridized carbons (Fsp3) is 0.462. The first-order chi connectivity index (χ1) is 7.52. The predicted octanol–water partition coefficient (Wildman–Crippen LogP) is 3.40. The number of benzene rings is 1. The fourth-order valence-corrected chi connectivity index (χ4v) is 1.27. The highest BCUT2D eigenvalue weighted by molar-refractivity contribution is 5.49. The third-order valence-electron chi connectivity index (χ3n) is 2.79. The number of hydrogen-bond acceptors (Lipinski definition) is 2. The number of nitrogens with one attached hydrogen (secondary N) is 1. The molecule has 0 aromatic heterocycles. The van der Waals surface area contributed by atoms with Crippen LogP contribution in [0.1, 0.15) is 26.3 Å². The average molecular weight is 220 g/mol. The van der Waals surface area contributed by atoms with E-state index >= 15 is 0 Å². The maximum absolute atomic E-state index is 13.1. The van der Waals surface area contributed by atoms with Gasteiger partial charge in [0, 0.05) is 12.2 Å². The third-order valence-corrected chi connectivity index (χ3v) is 2.79. The zero-order valence-corrected chi connectivity index (χ0v) is 9.92. The van der Waals surface area contributed by atoms with Crippen molar-refractivity contribution >= 4 is 5.69 Å². The first-order valence-corrected chi connectivity index (χ1v) is 5.47. The first kappa shape index (κ1) is 12.5. The van der Waals surface area contributed by atoms with Gasteiger partial charge in [0.25, 0.3) is 0 Å². The highest BCUT2D eigenvalue weighted by Crippen LogP contribution is 2.16. The summed E-state index contributed by atoms with van der Waals surface area (Å²) in [5.41, 5.74) is 1.02. The molecule has 0 aliphatic rings. The number of anilines is 1. The Labute approximate surface area is 96.1 Å². The highest BCUT2D eigenvalue weighted by Gasteiger charge is 2.07. The normalized spacial score (nSPS) is 12.2. The van der Waals surface area contributed by atoms with E-state index in [0.29, 0.717) is 23.1 Å². The van der Waals surface area contributed by atoms with Crippen molar-refractivity contribution in [1.82, 2.24) is 0 Å². The lowest BCUT2D eigenvalue weighted by atomic mass is 9.98. The lowest BCUT2D eigenvalue weighted by Crippen LogP contribution is -2.16. The van der Waals surface area contributed by atoms with E-state index < -0.39 is 0 Å². The molecule has 86 valence electrons. The van der Waals surface area contributed by atoms with Gasteiger partial charge in [0.2, 0.25) is 0 Å². The van der Waals surface area contributed by atoms with Gasteiger partial charge in [-0.2, -0.15) is 5.26 Å². The summed E-state index contributed by atoms with van der Waals surface area (Å²) in [6, 6.07) is 6.25. The molecule has 1 N–H and O–H groups in total. The second-order valence-corrected chi connectivity index (χ2v) is 4.44. The van der Waals surface area contributed by atoms with Crippen LogP contribution in [0, 0.1) is 29.0 Å². The van der Waals surface area contributed by atoms with Gasteiger partial charge in [-0.1, -0.05) is 20.8 Å². The molecular formula is C13H17FN2. The molecule has 0 spiro atoms. The smallest absolute Gasteiger partial charge is 0.126 e. The van der Waals surface area contributed by atoms with E-state index in [1.807, 2.05) is 6.07 Å². The largest absolute Gasteiger partial charge is 0.385 e. The number of rotatable bonds is 4. The molecule has 0 radical (unpaired) electrons.